The van der Waals surface area contributed by atoms with Crippen molar-refractivity contribution in [2.75, 3.05) is 6.26 Å². The normalized spacial score (nSPS) is 9.12. The Bertz CT molecular complexity index is 153. The van der Waals surface area contributed by atoms with E-state index in [2.05, 4.69) is 15.2 Å². The molecule has 1 aromatic rings. The molecule has 0 bridgehead atoms. The van der Waals surface area contributed by atoms with Crippen molar-refractivity contribution in [3.8, 4) is 0 Å². The van der Waals surface area contributed by atoms with Crippen LogP contribution in [0.4, 0.5) is 0 Å². The summed E-state index contributed by atoms with van der Waals surface area (Å²) in [5, 5.41) is 8.18. The van der Waals surface area contributed by atoms with Crippen LogP contribution in [0.15, 0.2) is 17.6 Å². The van der Waals surface area contributed by atoms with Crippen molar-refractivity contribution in [1.82, 2.24) is 15.2 Å². The molecule has 0 unspecified atom stereocenters. The fraction of sp³-hybridized carbons (Fsp3) is 0.250. The summed E-state index contributed by atoms with van der Waals surface area (Å²) >= 11 is 1.53. The van der Waals surface area contributed by atoms with Gasteiger partial charge >= 0.3 is 0 Å². The molecule has 0 atom stereocenters. The van der Waals surface area contributed by atoms with Crippen molar-refractivity contribution >= 4 is 11.8 Å². The summed E-state index contributed by atoms with van der Waals surface area (Å²) in [7, 11) is 0. The van der Waals surface area contributed by atoms with Crippen LogP contribution in [0.25, 0.3) is 0 Å². The van der Waals surface area contributed by atoms with Crippen LogP contribution < -0.4 is 0 Å². The third kappa shape index (κ3) is 1.16. The van der Waals surface area contributed by atoms with Gasteiger partial charge in [-0.05, 0) is 6.26 Å². The van der Waals surface area contributed by atoms with Gasteiger partial charge in [0.05, 0.1) is 6.20 Å². The van der Waals surface area contributed by atoms with E-state index in [0.29, 0.717) is 0 Å². The fourth-order valence-corrected chi connectivity index (χ4v) is 0.624. The molecule has 0 aliphatic rings. The maximum Gasteiger partial charge on any atom is 0.138 e. The monoisotopic (exact) mass is 127 g/mol. The van der Waals surface area contributed by atoms with Gasteiger partial charge in [-0.15, -0.1) is 22.0 Å². The average Bonchev–Trinajstić information content (AvgIpc) is 1.90. The molecule has 4 heteroatoms. The maximum atomic E-state index is 3.76. The molecule has 0 aliphatic heterocycles. The van der Waals surface area contributed by atoms with Gasteiger partial charge in [0.2, 0.25) is 0 Å². The van der Waals surface area contributed by atoms with Gasteiger partial charge in [0.1, 0.15) is 11.4 Å². The molecule has 0 amide bonds. The lowest BCUT2D eigenvalue weighted by atomic mass is 10.9. The number of hydrogen-bond donors (Lipinski definition) is 0. The Kier molecular flexibility index (Phi) is 1.80. The first-order valence-electron chi connectivity index (χ1n) is 2.10. The summed E-state index contributed by atoms with van der Waals surface area (Å²) in [4.78, 5) is 3.76. The van der Waals surface area contributed by atoms with Gasteiger partial charge in [-0.2, -0.15) is 0 Å². The molecular weight excluding hydrogens is 122 g/mol. The topological polar surface area (TPSA) is 38.7 Å². The van der Waals surface area contributed by atoms with Crippen molar-refractivity contribution in [2.45, 2.75) is 5.03 Å². The predicted octanol–water partition coefficient (Wildman–Crippen LogP) is 0.593. The molecule has 8 heavy (non-hydrogen) atoms. The second-order valence-electron chi connectivity index (χ2n) is 1.15. The Balaban J connectivity index is 2.83. The van der Waals surface area contributed by atoms with E-state index in [1.54, 1.807) is 6.20 Å². The first-order chi connectivity index (χ1) is 3.93. The summed E-state index contributed by atoms with van der Waals surface area (Å²) in [6.45, 7) is 0. The fourth-order valence-electron chi connectivity index (χ4n) is 0.329. The van der Waals surface area contributed by atoms with Gasteiger partial charge in [-0.25, -0.2) is 4.98 Å². The zero-order chi connectivity index (χ0) is 5.82. The predicted molar refractivity (Wildman–Crippen MR) is 31.6 cm³/mol. The second-order valence-corrected chi connectivity index (χ2v) is 1.98. The summed E-state index contributed by atoms with van der Waals surface area (Å²) in [5.74, 6) is 0. The highest BCUT2D eigenvalue weighted by Gasteiger charge is 1.85. The largest absolute Gasteiger partial charge is 0.240 e. The summed E-state index contributed by atoms with van der Waals surface area (Å²) in [6, 6.07) is 0. The highest BCUT2D eigenvalue weighted by atomic mass is 32.2. The molecule has 42 valence electrons. The first kappa shape index (κ1) is 5.50. The van der Waals surface area contributed by atoms with E-state index >= 15 is 0 Å². The number of rotatable bonds is 1. The van der Waals surface area contributed by atoms with Gasteiger partial charge in [-0.1, -0.05) is 0 Å². The van der Waals surface area contributed by atoms with E-state index in [-0.39, 0.29) is 0 Å². The average molecular weight is 127 g/mol. The van der Waals surface area contributed by atoms with Crippen LogP contribution in [-0.2, 0) is 0 Å². The van der Waals surface area contributed by atoms with Gasteiger partial charge in [0, 0.05) is 0 Å². The summed E-state index contributed by atoms with van der Waals surface area (Å²) in [5.41, 5.74) is 0. The number of hydrogen-bond acceptors (Lipinski definition) is 4. The van der Waals surface area contributed by atoms with Crippen molar-refractivity contribution < 1.29 is 0 Å². The Morgan fingerprint density at radius 1 is 1.62 bits per heavy atom. The minimum atomic E-state index is 0.854. The molecule has 0 saturated carbocycles. The van der Waals surface area contributed by atoms with Crippen LogP contribution in [0.2, 0.25) is 0 Å². The molecular formula is C4H5N3S. The van der Waals surface area contributed by atoms with E-state index in [0.717, 1.165) is 5.03 Å². The van der Waals surface area contributed by atoms with E-state index in [9.17, 15) is 0 Å². The third-order valence-electron chi connectivity index (χ3n) is 0.669. The van der Waals surface area contributed by atoms with E-state index in [4.69, 9.17) is 0 Å². The lowest BCUT2D eigenvalue weighted by molar-refractivity contribution is 0.878. The second kappa shape index (κ2) is 2.61. The molecule has 1 rings (SSSR count). The Morgan fingerprint density at radius 2 is 2.50 bits per heavy atom. The minimum Gasteiger partial charge on any atom is -0.240 e. The zero-order valence-corrected chi connectivity index (χ0v) is 5.22. The number of nitrogens with zero attached hydrogens (tertiary/aromatic N) is 3. The van der Waals surface area contributed by atoms with Gasteiger partial charge in [0.15, 0.2) is 0 Å². The summed E-state index contributed by atoms with van der Waals surface area (Å²) < 4.78 is 0. The van der Waals surface area contributed by atoms with Crippen LogP contribution in [0.5, 0.6) is 0 Å². The first-order valence-corrected chi connectivity index (χ1v) is 3.32. The van der Waals surface area contributed by atoms with Crippen molar-refractivity contribution in [1.29, 1.82) is 0 Å². The van der Waals surface area contributed by atoms with E-state index < -0.39 is 0 Å². The highest BCUT2D eigenvalue weighted by Crippen LogP contribution is 2.04. The third-order valence-corrected chi connectivity index (χ3v) is 1.27. The van der Waals surface area contributed by atoms with E-state index in [1.165, 1.54) is 18.1 Å². The van der Waals surface area contributed by atoms with Crippen LogP contribution in [0.1, 0.15) is 0 Å². The molecule has 0 fully saturated rings. The molecule has 0 N–H and O–H groups in total. The Morgan fingerprint density at radius 3 is 2.88 bits per heavy atom. The Hall–Kier alpha value is -0.640. The quantitative estimate of drug-likeness (QED) is 0.518. The van der Waals surface area contributed by atoms with Gasteiger partial charge < -0.3 is 0 Å². The molecule has 0 spiro atoms. The molecule has 0 aliphatic carbocycles. The molecule has 0 saturated heterocycles. The molecule has 0 radical (unpaired) electrons. The molecule has 0 aromatic carbocycles. The number of thioether (sulfide) groups is 1. The van der Waals surface area contributed by atoms with Gasteiger partial charge in [0.25, 0.3) is 0 Å². The Labute approximate surface area is 51.5 Å². The lowest BCUT2D eigenvalue weighted by Crippen LogP contribution is -1.83. The van der Waals surface area contributed by atoms with Crippen molar-refractivity contribution in [3.05, 3.63) is 12.5 Å². The lowest BCUT2D eigenvalue weighted by Gasteiger charge is -1.86. The minimum absolute atomic E-state index is 0.854. The smallest absolute Gasteiger partial charge is 0.138 e. The molecule has 1 heterocycles. The SMILES string of the molecule is CSc1cncnn1. The van der Waals surface area contributed by atoms with Crippen molar-refractivity contribution in [3.63, 3.8) is 0 Å². The number of aromatic nitrogens is 3. The van der Waals surface area contributed by atoms with Crippen LogP contribution in [0, 0.1) is 0 Å². The van der Waals surface area contributed by atoms with Crippen molar-refractivity contribution in [2.24, 2.45) is 0 Å². The summed E-state index contributed by atoms with van der Waals surface area (Å²) in [6.07, 6.45) is 5.03. The molecule has 3 nitrogen and oxygen atoms in total. The zero-order valence-electron chi connectivity index (χ0n) is 4.40. The van der Waals surface area contributed by atoms with Gasteiger partial charge in [-0.3, -0.25) is 0 Å². The van der Waals surface area contributed by atoms with Crippen LogP contribution >= 0.6 is 11.8 Å². The highest BCUT2D eigenvalue weighted by molar-refractivity contribution is 7.98. The maximum absolute atomic E-state index is 3.76. The molecule has 1 aromatic heterocycles. The standard InChI is InChI=1S/C4H5N3S/c1-8-4-2-5-3-6-7-4/h2-3H,1H3. The van der Waals surface area contributed by atoms with E-state index in [1.807, 2.05) is 6.26 Å². The van der Waals surface area contributed by atoms with Crippen LogP contribution in [-0.4, -0.2) is 21.4 Å². The van der Waals surface area contributed by atoms with Crippen LogP contribution in [0.3, 0.4) is 0 Å².